The lowest BCUT2D eigenvalue weighted by molar-refractivity contribution is -0.132. The lowest BCUT2D eigenvalue weighted by Crippen LogP contribution is -1.94. The molecule has 12 heavy (non-hydrogen) atoms. The number of rotatable bonds is 2. The molecule has 0 unspecified atom stereocenters. The largest absolute Gasteiger partial charge is 0.477 e. The second-order valence-electron chi connectivity index (χ2n) is 3.29. The van der Waals surface area contributed by atoms with Crippen LogP contribution < -0.4 is 0 Å². The van der Waals surface area contributed by atoms with Gasteiger partial charge in [-0.05, 0) is 31.8 Å². The Balaban J connectivity index is 2.57. The third-order valence-electron chi connectivity index (χ3n) is 2.26. The van der Waals surface area contributed by atoms with Crippen LogP contribution in [0.1, 0.15) is 32.6 Å². The average molecular weight is 166 g/mol. The zero-order valence-corrected chi connectivity index (χ0v) is 7.34. The van der Waals surface area contributed by atoms with Gasteiger partial charge in [0.25, 0.3) is 0 Å². The summed E-state index contributed by atoms with van der Waals surface area (Å²) >= 11 is 0. The van der Waals surface area contributed by atoms with Gasteiger partial charge in [-0.15, -0.1) is 5.73 Å². The van der Waals surface area contributed by atoms with E-state index in [1.807, 2.05) is 6.08 Å². The van der Waals surface area contributed by atoms with Crippen molar-refractivity contribution in [3.8, 4) is 0 Å². The zero-order chi connectivity index (χ0) is 8.97. The van der Waals surface area contributed by atoms with Crippen LogP contribution in [0, 0.1) is 5.92 Å². The SMILES string of the molecule is CC(=C=CC1CCCC1)C(=O)O. The van der Waals surface area contributed by atoms with E-state index in [0.717, 1.165) is 0 Å². The van der Waals surface area contributed by atoms with E-state index in [9.17, 15) is 4.79 Å². The molecule has 66 valence electrons. The Morgan fingerprint density at radius 3 is 2.58 bits per heavy atom. The molecule has 0 heterocycles. The first kappa shape index (κ1) is 9.08. The second-order valence-corrected chi connectivity index (χ2v) is 3.29. The van der Waals surface area contributed by atoms with Gasteiger partial charge in [-0.3, -0.25) is 0 Å². The molecule has 0 aliphatic heterocycles. The molecule has 0 aromatic carbocycles. The predicted octanol–water partition coefficient (Wildman–Crippen LogP) is 2.36. The normalized spacial score (nSPS) is 17.1. The first-order chi connectivity index (χ1) is 5.70. The Bertz CT molecular complexity index is 228. The fourth-order valence-corrected chi connectivity index (χ4v) is 1.43. The van der Waals surface area contributed by atoms with E-state index >= 15 is 0 Å². The van der Waals surface area contributed by atoms with Gasteiger partial charge >= 0.3 is 5.97 Å². The smallest absolute Gasteiger partial charge is 0.339 e. The summed E-state index contributed by atoms with van der Waals surface area (Å²) in [6, 6.07) is 0. The van der Waals surface area contributed by atoms with E-state index in [4.69, 9.17) is 5.11 Å². The molecule has 0 spiro atoms. The summed E-state index contributed by atoms with van der Waals surface area (Å²) in [7, 11) is 0. The van der Waals surface area contributed by atoms with Crippen LogP contribution >= 0.6 is 0 Å². The molecule has 0 radical (unpaired) electrons. The molecule has 1 rings (SSSR count). The van der Waals surface area contributed by atoms with Crippen molar-refractivity contribution >= 4 is 5.97 Å². The Kier molecular flexibility index (Phi) is 3.12. The highest BCUT2D eigenvalue weighted by molar-refractivity contribution is 5.85. The van der Waals surface area contributed by atoms with Crippen LogP contribution in [0.15, 0.2) is 17.4 Å². The van der Waals surface area contributed by atoms with Crippen LogP contribution in [0.2, 0.25) is 0 Å². The number of hydrogen-bond acceptors (Lipinski definition) is 1. The highest BCUT2D eigenvalue weighted by Gasteiger charge is 2.11. The maximum absolute atomic E-state index is 10.4. The maximum atomic E-state index is 10.4. The van der Waals surface area contributed by atoms with Gasteiger partial charge in [-0.2, -0.15) is 0 Å². The third-order valence-corrected chi connectivity index (χ3v) is 2.26. The minimum absolute atomic E-state index is 0.307. The van der Waals surface area contributed by atoms with E-state index in [2.05, 4.69) is 5.73 Å². The first-order valence-electron chi connectivity index (χ1n) is 4.37. The summed E-state index contributed by atoms with van der Waals surface area (Å²) in [6.45, 7) is 1.58. The van der Waals surface area contributed by atoms with Crippen molar-refractivity contribution in [3.63, 3.8) is 0 Å². The third kappa shape index (κ3) is 2.55. The fourth-order valence-electron chi connectivity index (χ4n) is 1.43. The van der Waals surface area contributed by atoms with E-state index in [-0.39, 0.29) is 0 Å². The summed E-state index contributed by atoms with van der Waals surface area (Å²) in [5.74, 6) is -0.302. The molecule has 0 bridgehead atoms. The molecule has 0 aromatic heterocycles. The standard InChI is InChI=1S/C10H14O2/c1-8(10(11)12)6-7-9-4-2-3-5-9/h7,9H,2-5H2,1H3,(H,11,12). The Morgan fingerprint density at radius 1 is 1.50 bits per heavy atom. The molecule has 1 fully saturated rings. The van der Waals surface area contributed by atoms with Crippen LogP contribution in [-0.4, -0.2) is 11.1 Å². The molecule has 0 amide bonds. The number of hydrogen-bond donors (Lipinski definition) is 1. The average Bonchev–Trinajstić information content (AvgIpc) is 2.51. The lowest BCUT2D eigenvalue weighted by Gasteiger charge is -1.96. The van der Waals surface area contributed by atoms with Crippen LogP contribution in [0.25, 0.3) is 0 Å². The van der Waals surface area contributed by atoms with Gasteiger partial charge < -0.3 is 5.11 Å². The topological polar surface area (TPSA) is 37.3 Å². The molecular weight excluding hydrogens is 152 g/mol. The molecule has 0 saturated heterocycles. The minimum atomic E-state index is -0.871. The van der Waals surface area contributed by atoms with Gasteiger partial charge in [0.05, 0.1) is 5.57 Å². The molecule has 1 aliphatic rings. The number of carbonyl (C=O) groups is 1. The highest BCUT2D eigenvalue weighted by atomic mass is 16.4. The Hall–Kier alpha value is -1.01. The van der Waals surface area contributed by atoms with Gasteiger partial charge in [0.15, 0.2) is 0 Å². The molecule has 0 aromatic rings. The van der Waals surface area contributed by atoms with Crippen LogP contribution in [-0.2, 0) is 4.79 Å². The summed E-state index contributed by atoms with van der Waals surface area (Å²) < 4.78 is 0. The number of carboxylic acids is 1. The van der Waals surface area contributed by atoms with Crippen LogP contribution in [0.5, 0.6) is 0 Å². The monoisotopic (exact) mass is 166 g/mol. The molecule has 1 saturated carbocycles. The molecule has 1 aliphatic carbocycles. The van der Waals surface area contributed by atoms with Gasteiger partial charge in [-0.1, -0.05) is 12.8 Å². The van der Waals surface area contributed by atoms with E-state index in [0.29, 0.717) is 11.5 Å². The zero-order valence-electron chi connectivity index (χ0n) is 7.34. The van der Waals surface area contributed by atoms with Crippen molar-refractivity contribution in [2.75, 3.05) is 0 Å². The van der Waals surface area contributed by atoms with Crippen molar-refractivity contribution in [2.45, 2.75) is 32.6 Å². The lowest BCUT2D eigenvalue weighted by atomic mass is 10.1. The van der Waals surface area contributed by atoms with Crippen molar-refractivity contribution < 1.29 is 9.90 Å². The van der Waals surface area contributed by atoms with Crippen molar-refractivity contribution in [3.05, 3.63) is 17.4 Å². The Labute approximate surface area is 72.6 Å². The van der Waals surface area contributed by atoms with Crippen LogP contribution in [0.4, 0.5) is 0 Å². The van der Waals surface area contributed by atoms with E-state index < -0.39 is 5.97 Å². The molecule has 1 N–H and O–H groups in total. The van der Waals surface area contributed by atoms with Gasteiger partial charge in [0, 0.05) is 0 Å². The summed E-state index contributed by atoms with van der Waals surface area (Å²) in [4.78, 5) is 10.4. The van der Waals surface area contributed by atoms with Crippen LogP contribution in [0.3, 0.4) is 0 Å². The first-order valence-corrected chi connectivity index (χ1v) is 4.37. The quantitative estimate of drug-likeness (QED) is 0.505. The summed E-state index contributed by atoms with van der Waals surface area (Å²) in [6.07, 6.45) is 6.85. The molecular formula is C10H14O2. The van der Waals surface area contributed by atoms with Crippen molar-refractivity contribution in [1.29, 1.82) is 0 Å². The van der Waals surface area contributed by atoms with Crippen molar-refractivity contribution in [1.82, 2.24) is 0 Å². The highest BCUT2D eigenvalue weighted by Crippen LogP contribution is 2.25. The van der Waals surface area contributed by atoms with Gasteiger partial charge in [-0.25, -0.2) is 4.79 Å². The predicted molar refractivity (Wildman–Crippen MR) is 46.9 cm³/mol. The molecule has 2 nitrogen and oxygen atoms in total. The second kappa shape index (κ2) is 4.13. The van der Waals surface area contributed by atoms with E-state index in [1.165, 1.54) is 25.7 Å². The molecule has 0 atom stereocenters. The summed E-state index contributed by atoms with van der Waals surface area (Å²) in [5.41, 5.74) is 3.12. The Morgan fingerprint density at radius 2 is 2.08 bits per heavy atom. The van der Waals surface area contributed by atoms with Crippen molar-refractivity contribution in [2.24, 2.45) is 5.92 Å². The van der Waals surface area contributed by atoms with Gasteiger partial charge in [0.1, 0.15) is 0 Å². The van der Waals surface area contributed by atoms with E-state index in [1.54, 1.807) is 6.92 Å². The summed E-state index contributed by atoms with van der Waals surface area (Å²) in [5, 5.41) is 8.54. The number of aliphatic carboxylic acids is 1. The fraction of sp³-hybridized carbons (Fsp3) is 0.600. The molecule has 2 heteroatoms. The maximum Gasteiger partial charge on any atom is 0.339 e. The number of carboxylic acid groups (broad SMARTS) is 1. The minimum Gasteiger partial charge on any atom is -0.477 e. The van der Waals surface area contributed by atoms with Gasteiger partial charge in [0.2, 0.25) is 0 Å².